The second kappa shape index (κ2) is 11.0. The molecule has 0 atom stereocenters. The Morgan fingerprint density at radius 3 is 1.67 bits per heavy atom. The lowest BCUT2D eigenvalue weighted by Crippen LogP contribution is -2.18. The monoisotopic (exact) mass is 624 g/mol. The Kier molecular flexibility index (Phi) is 6.15. The summed E-state index contributed by atoms with van der Waals surface area (Å²) in [5.41, 5.74) is 12.5. The van der Waals surface area contributed by atoms with Crippen LogP contribution >= 0.6 is 0 Å². The third-order valence-electron chi connectivity index (χ3n) is 9.60. The molecule has 228 valence electrons. The zero-order chi connectivity index (χ0) is 32.3. The number of nitrogens with zero attached hydrogens (tertiary/aromatic N) is 4. The Balaban J connectivity index is 1.23. The van der Waals surface area contributed by atoms with E-state index in [2.05, 4.69) is 163 Å². The van der Waals surface area contributed by atoms with E-state index < -0.39 is 0 Å². The summed E-state index contributed by atoms with van der Waals surface area (Å²) in [6, 6.07) is 59.6. The smallest absolute Gasteiger partial charge is 0.235 e. The van der Waals surface area contributed by atoms with Crippen molar-refractivity contribution in [3.63, 3.8) is 0 Å². The maximum absolute atomic E-state index is 5.39. The third-order valence-corrected chi connectivity index (χ3v) is 9.60. The molecule has 49 heavy (non-hydrogen) atoms. The fourth-order valence-electron chi connectivity index (χ4n) is 7.28. The van der Waals surface area contributed by atoms with Crippen molar-refractivity contribution < 1.29 is 0 Å². The van der Waals surface area contributed by atoms with E-state index in [4.69, 9.17) is 15.0 Å². The lowest BCUT2D eigenvalue weighted by Gasteiger charge is -2.32. The van der Waals surface area contributed by atoms with Gasteiger partial charge in [0.15, 0.2) is 0 Å². The highest BCUT2D eigenvalue weighted by Crippen LogP contribution is 2.51. The molecule has 0 fully saturated rings. The summed E-state index contributed by atoms with van der Waals surface area (Å²) in [6.45, 7) is 0. The van der Waals surface area contributed by atoms with Crippen LogP contribution < -0.4 is 4.90 Å². The first-order chi connectivity index (χ1) is 24.3. The van der Waals surface area contributed by atoms with Crippen LogP contribution in [0.5, 0.6) is 0 Å². The van der Waals surface area contributed by atoms with Crippen LogP contribution in [0.15, 0.2) is 170 Å². The second-order valence-electron chi connectivity index (χ2n) is 12.4. The average molecular weight is 625 g/mol. The van der Waals surface area contributed by atoms with Gasteiger partial charge in [-0.2, -0.15) is 0 Å². The normalized spacial score (nSPS) is 12.0. The minimum absolute atomic E-state index is 0.626. The van der Waals surface area contributed by atoms with E-state index in [1.165, 1.54) is 11.1 Å². The van der Waals surface area contributed by atoms with Crippen LogP contribution in [-0.2, 0) is 0 Å². The molecule has 0 saturated carbocycles. The van der Waals surface area contributed by atoms with Crippen LogP contribution in [0, 0.1) is 0 Å². The molecule has 4 nitrogen and oxygen atoms in total. The van der Waals surface area contributed by atoms with Crippen molar-refractivity contribution >= 4 is 49.9 Å². The van der Waals surface area contributed by atoms with E-state index in [1.54, 1.807) is 0 Å². The summed E-state index contributed by atoms with van der Waals surface area (Å²) in [5, 5.41) is 4.41. The first-order valence-corrected chi connectivity index (χ1v) is 16.5. The first-order valence-electron chi connectivity index (χ1n) is 16.5. The highest BCUT2D eigenvalue weighted by Gasteiger charge is 2.30. The minimum Gasteiger partial charge on any atom is -0.278 e. The highest BCUT2D eigenvalue weighted by molar-refractivity contribution is 6.20. The van der Waals surface area contributed by atoms with Crippen molar-refractivity contribution in [3.8, 4) is 44.8 Å². The Bertz CT molecular complexity index is 2700. The number of rotatable bonds is 4. The molecule has 0 bridgehead atoms. The van der Waals surface area contributed by atoms with Gasteiger partial charge < -0.3 is 0 Å². The van der Waals surface area contributed by atoms with Gasteiger partial charge in [-0.3, -0.25) is 4.90 Å². The summed E-state index contributed by atoms with van der Waals surface area (Å²) >= 11 is 0. The molecule has 0 amide bonds. The average Bonchev–Trinajstić information content (AvgIpc) is 3.18. The van der Waals surface area contributed by atoms with Gasteiger partial charge in [-0.15, -0.1) is 0 Å². The molecule has 0 spiro atoms. The molecular formula is C45H28N4. The predicted molar refractivity (Wildman–Crippen MR) is 202 cm³/mol. The van der Waals surface area contributed by atoms with Crippen LogP contribution in [0.25, 0.3) is 77.3 Å². The lowest BCUT2D eigenvalue weighted by molar-refractivity contribution is 1.11. The Morgan fingerprint density at radius 1 is 0.347 bits per heavy atom. The summed E-state index contributed by atoms with van der Waals surface area (Å²) in [4.78, 5) is 18.2. The molecule has 9 aromatic rings. The number of hydrogen-bond acceptors (Lipinski definition) is 4. The van der Waals surface area contributed by atoms with Crippen LogP contribution in [0.1, 0.15) is 0 Å². The Hall–Kier alpha value is -6.65. The molecule has 1 aliphatic rings. The van der Waals surface area contributed by atoms with E-state index in [0.717, 1.165) is 77.6 Å². The molecule has 0 saturated heterocycles. The molecule has 7 aromatic carbocycles. The lowest BCUT2D eigenvalue weighted by atomic mass is 9.91. The highest BCUT2D eigenvalue weighted by atomic mass is 15.3. The number of anilines is 3. The third kappa shape index (κ3) is 4.42. The molecule has 0 N–H and O–H groups in total. The van der Waals surface area contributed by atoms with E-state index in [9.17, 15) is 0 Å². The molecule has 4 heteroatoms. The number of pyridine rings is 1. The van der Waals surface area contributed by atoms with E-state index in [-0.39, 0.29) is 0 Å². The fourth-order valence-corrected chi connectivity index (χ4v) is 7.28. The largest absolute Gasteiger partial charge is 0.278 e. The van der Waals surface area contributed by atoms with Crippen molar-refractivity contribution in [2.75, 3.05) is 4.90 Å². The van der Waals surface area contributed by atoms with Gasteiger partial charge in [0.1, 0.15) is 0 Å². The van der Waals surface area contributed by atoms with Gasteiger partial charge in [-0.1, -0.05) is 140 Å². The van der Waals surface area contributed by atoms with Crippen molar-refractivity contribution in [1.82, 2.24) is 15.0 Å². The zero-order valence-electron chi connectivity index (χ0n) is 26.5. The van der Waals surface area contributed by atoms with E-state index in [0.29, 0.717) is 5.95 Å². The topological polar surface area (TPSA) is 41.9 Å². The number of para-hydroxylation sites is 2. The number of hydrogen-bond donors (Lipinski definition) is 0. The number of benzene rings is 7. The van der Waals surface area contributed by atoms with Crippen LogP contribution in [0.3, 0.4) is 0 Å². The molecule has 3 heterocycles. The van der Waals surface area contributed by atoms with Gasteiger partial charge in [0.05, 0.1) is 33.8 Å². The van der Waals surface area contributed by atoms with Crippen molar-refractivity contribution in [1.29, 1.82) is 0 Å². The zero-order valence-corrected chi connectivity index (χ0v) is 26.5. The van der Waals surface area contributed by atoms with Crippen LogP contribution in [0.4, 0.5) is 17.3 Å². The maximum Gasteiger partial charge on any atom is 0.235 e. The fraction of sp³-hybridized carbons (Fsp3) is 0. The summed E-state index contributed by atoms with van der Waals surface area (Å²) in [5.74, 6) is 0.626. The number of fused-ring (bicyclic) bond motifs is 5. The predicted octanol–water partition coefficient (Wildman–Crippen LogP) is 11.8. The van der Waals surface area contributed by atoms with Crippen molar-refractivity contribution in [2.45, 2.75) is 0 Å². The van der Waals surface area contributed by atoms with Gasteiger partial charge in [0, 0.05) is 27.3 Å². The molecular weight excluding hydrogens is 597 g/mol. The summed E-state index contributed by atoms with van der Waals surface area (Å²) in [7, 11) is 0. The van der Waals surface area contributed by atoms with Gasteiger partial charge in [0.2, 0.25) is 5.95 Å². The first kappa shape index (κ1) is 27.5. The number of aromatic nitrogens is 3. The SMILES string of the molecule is c1ccc(-c2ccc(-c3nc(N4c5ccc(-c6ccccc6)cc5-c5nc6ccccc6c6cccc4c56)nc4ccccc34)cc2)cc1. The van der Waals surface area contributed by atoms with Gasteiger partial charge in [-0.25, -0.2) is 15.0 Å². The van der Waals surface area contributed by atoms with Gasteiger partial charge in [-0.05, 0) is 58.0 Å². The molecule has 10 rings (SSSR count). The molecule has 0 unspecified atom stereocenters. The van der Waals surface area contributed by atoms with E-state index in [1.807, 2.05) is 12.1 Å². The molecule has 0 aliphatic carbocycles. The van der Waals surface area contributed by atoms with Gasteiger partial charge >= 0.3 is 0 Å². The molecule has 0 radical (unpaired) electrons. The summed E-state index contributed by atoms with van der Waals surface area (Å²) in [6.07, 6.45) is 0. The second-order valence-corrected chi connectivity index (χ2v) is 12.4. The van der Waals surface area contributed by atoms with Crippen LogP contribution in [-0.4, -0.2) is 15.0 Å². The molecule has 2 aromatic heterocycles. The standard InChI is InChI=1S/C45H28N4/c1-3-12-29(13-4-1)31-22-24-32(25-23-31)43-36-17-8-10-20-39(36)47-45(48-43)49-40-27-26-33(30-14-5-2-6-15-30)28-37(40)44-42-35(18-11-21-41(42)49)34-16-7-9-19-38(34)46-44/h1-28H. The van der Waals surface area contributed by atoms with Gasteiger partial charge in [0.25, 0.3) is 0 Å². The molecule has 1 aliphatic heterocycles. The summed E-state index contributed by atoms with van der Waals surface area (Å²) < 4.78 is 0. The van der Waals surface area contributed by atoms with Crippen LogP contribution in [0.2, 0.25) is 0 Å². The van der Waals surface area contributed by atoms with Crippen molar-refractivity contribution in [3.05, 3.63) is 170 Å². The quantitative estimate of drug-likeness (QED) is 0.183. The minimum atomic E-state index is 0.626. The van der Waals surface area contributed by atoms with Crippen molar-refractivity contribution in [2.24, 2.45) is 0 Å². The van der Waals surface area contributed by atoms with E-state index >= 15 is 0 Å². The Morgan fingerprint density at radius 2 is 0.918 bits per heavy atom. The Labute approximate surface area is 283 Å². The maximum atomic E-state index is 5.39.